The van der Waals surface area contributed by atoms with Gasteiger partial charge in [-0.05, 0) is 49.6 Å². The van der Waals surface area contributed by atoms with Crippen molar-refractivity contribution in [2.45, 2.75) is 38.8 Å². The number of ether oxygens (including phenoxy) is 1. The van der Waals surface area contributed by atoms with E-state index in [4.69, 9.17) is 4.74 Å². The molecule has 1 aliphatic rings. The topological polar surface area (TPSA) is 21.3 Å². The summed E-state index contributed by atoms with van der Waals surface area (Å²) in [5.41, 5.74) is 1.55. The maximum atomic E-state index is 5.84. The number of rotatable bonds is 3. The smallest absolute Gasteiger partial charge is 0.0874 e. The van der Waals surface area contributed by atoms with E-state index in [-0.39, 0.29) is 5.54 Å². The highest BCUT2D eigenvalue weighted by Gasteiger charge is 2.30. The van der Waals surface area contributed by atoms with Crippen LogP contribution in [0.5, 0.6) is 0 Å². The van der Waals surface area contributed by atoms with Gasteiger partial charge in [0.1, 0.15) is 0 Å². The molecule has 16 heavy (non-hydrogen) atoms. The van der Waals surface area contributed by atoms with E-state index in [1.165, 1.54) is 12.0 Å². The Morgan fingerprint density at radius 1 is 1.50 bits per heavy atom. The monoisotopic (exact) mass is 239 g/mol. The molecule has 2 atom stereocenters. The van der Waals surface area contributed by atoms with Crippen LogP contribution >= 0.6 is 11.3 Å². The van der Waals surface area contributed by atoms with E-state index in [0.29, 0.717) is 12.0 Å². The summed E-state index contributed by atoms with van der Waals surface area (Å²) in [4.78, 5) is 0. The van der Waals surface area contributed by atoms with Gasteiger partial charge in [-0.25, -0.2) is 0 Å². The second kappa shape index (κ2) is 4.86. The quantitative estimate of drug-likeness (QED) is 0.874. The third-order valence-electron chi connectivity index (χ3n) is 2.98. The molecule has 0 aromatic carbocycles. The van der Waals surface area contributed by atoms with E-state index in [1.807, 2.05) is 0 Å². The predicted octanol–water partition coefficient (Wildman–Crippen LogP) is 3.21. The van der Waals surface area contributed by atoms with E-state index in [2.05, 4.69) is 42.9 Å². The van der Waals surface area contributed by atoms with Crippen molar-refractivity contribution in [2.24, 2.45) is 5.92 Å². The van der Waals surface area contributed by atoms with Crippen LogP contribution in [0.4, 0.5) is 0 Å². The molecule has 0 bridgehead atoms. The van der Waals surface area contributed by atoms with E-state index < -0.39 is 0 Å². The number of nitrogens with one attached hydrogen (secondary N) is 1. The predicted molar refractivity (Wildman–Crippen MR) is 68.9 cm³/mol. The lowest BCUT2D eigenvalue weighted by atomic mass is 9.96. The van der Waals surface area contributed by atoms with E-state index >= 15 is 0 Å². The molecule has 2 nitrogen and oxygen atoms in total. The van der Waals surface area contributed by atoms with Crippen molar-refractivity contribution in [3.8, 4) is 0 Å². The van der Waals surface area contributed by atoms with Crippen molar-refractivity contribution in [2.75, 3.05) is 13.2 Å². The minimum atomic E-state index is 0.196. The van der Waals surface area contributed by atoms with Gasteiger partial charge in [-0.3, -0.25) is 0 Å². The van der Waals surface area contributed by atoms with Crippen molar-refractivity contribution < 1.29 is 4.74 Å². The molecule has 1 saturated heterocycles. The van der Waals surface area contributed by atoms with Crippen LogP contribution in [0.25, 0.3) is 0 Å². The summed E-state index contributed by atoms with van der Waals surface area (Å²) in [5.74, 6) is 0.619. The zero-order chi connectivity index (χ0) is 11.6. The lowest BCUT2D eigenvalue weighted by Gasteiger charge is -2.25. The minimum Gasteiger partial charge on any atom is -0.373 e. The largest absolute Gasteiger partial charge is 0.373 e. The molecule has 1 aromatic rings. The molecule has 2 rings (SSSR count). The van der Waals surface area contributed by atoms with E-state index in [1.54, 1.807) is 11.3 Å². The molecular formula is C13H21NOS. The van der Waals surface area contributed by atoms with Crippen molar-refractivity contribution in [1.82, 2.24) is 5.32 Å². The first kappa shape index (κ1) is 12.1. The van der Waals surface area contributed by atoms with Gasteiger partial charge in [-0.15, -0.1) is 0 Å². The number of hydrogen-bond acceptors (Lipinski definition) is 3. The van der Waals surface area contributed by atoms with Gasteiger partial charge in [0.2, 0.25) is 0 Å². The summed E-state index contributed by atoms with van der Waals surface area (Å²) >= 11 is 1.75. The lowest BCUT2D eigenvalue weighted by molar-refractivity contribution is 0.0893. The Kier molecular flexibility index (Phi) is 3.67. The Balaban J connectivity index is 1.94. The summed E-state index contributed by atoms with van der Waals surface area (Å²) in [6.07, 6.45) is 1.48. The average molecular weight is 239 g/mol. The molecule has 0 aliphatic carbocycles. The normalized spacial score (nSPS) is 26.2. The molecule has 1 aliphatic heterocycles. The Labute approximate surface area is 102 Å². The molecule has 2 unspecified atom stereocenters. The molecule has 1 aromatic heterocycles. The van der Waals surface area contributed by atoms with Gasteiger partial charge in [0, 0.05) is 24.6 Å². The third kappa shape index (κ3) is 3.06. The first-order chi connectivity index (χ1) is 7.56. The fourth-order valence-electron chi connectivity index (χ4n) is 2.09. The highest BCUT2D eigenvalue weighted by atomic mass is 32.1. The molecule has 0 amide bonds. The maximum absolute atomic E-state index is 5.84. The maximum Gasteiger partial charge on any atom is 0.0874 e. The Hall–Kier alpha value is -0.380. The average Bonchev–Trinajstić information content (AvgIpc) is 2.84. The van der Waals surface area contributed by atoms with E-state index in [0.717, 1.165) is 13.2 Å². The highest BCUT2D eigenvalue weighted by molar-refractivity contribution is 7.07. The lowest BCUT2D eigenvalue weighted by Crippen LogP contribution is -2.39. The Bertz CT molecular complexity index is 315. The number of thiophene rings is 1. The van der Waals surface area contributed by atoms with Crippen LogP contribution in [-0.2, 0) is 4.74 Å². The molecule has 1 fully saturated rings. The van der Waals surface area contributed by atoms with Crippen LogP contribution in [0.3, 0.4) is 0 Å². The molecule has 0 radical (unpaired) electrons. The molecule has 1 N–H and O–H groups in total. The van der Waals surface area contributed by atoms with Crippen molar-refractivity contribution >= 4 is 11.3 Å². The fraction of sp³-hybridized carbons (Fsp3) is 0.692. The Morgan fingerprint density at radius 3 is 2.94 bits per heavy atom. The standard InChI is InChI=1S/C13H21NOS/c1-13(2,3)14-8-10-4-6-15-12(10)11-5-7-16-9-11/h5,7,9-10,12,14H,4,6,8H2,1-3H3. The summed E-state index contributed by atoms with van der Waals surface area (Å²) in [6, 6.07) is 2.19. The van der Waals surface area contributed by atoms with Crippen LogP contribution in [0.2, 0.25) is 0 Å². The van der Waals surface area contributed by atoms with Crippen LogP contribution in [0, 0.1) is 5.92 Å². The fourth-order valence-corrected chi connectivity index (χ4v) is 2.77. The van der Waals surface area contributed by atoms with Gasteiger partial charge in [0.05, 0.1) is 6.10 Å². The van der Waals surface area contributed by atoms with Crippen LogP contribution < -0.4 is 5.32 Å². The van der Waals surface area contributed by atoms with Crippen molar-refractivity contribution in [1.29, 1.82) is 0 Å². The van der Waals surface area contributed by atoms with Crippen LogP contribution in [-0.4, -0.2) is 18.7 Å². The van der Waals surface area contributed by atoms with Crippen LogP contribution in [0.15, 0.2) is 16.8 Å². The molecule has 3 heteroatoms. The van der Waals surface area contributed by atoms with Gasteiger partial charge in [0.25, 0.3) is 0 Å². The Morgan fingerprint density at radius 2 is 2.31 bits per heavy atom. The van der Waals surface area contributed by atoms with E-state index in [9.17, 15) is 0 Å². The highest BCUT2D eigenvalue weighted by Crippen LogP contribution is 2.35. The van der Waals surface area contributed by atoms with Gasteiger partial charge in [0.15, 0.2) is 0 Å². The summed E-state index contributed by atoms with van der Waals surface area (Å²) in [6.45, 7) is 8.58. The molecule has 90 valence electrons. The third-order valence-corrected chi connectivity index (χ3v) is 3.68. The van der Waals surface area contributed by atoms with Crippen molar-refractivity contribution in [3.05, 3.63) is 22.4 Å². The first-order valence-corrected chi connectivity index (χ1v) is 6.89. The molecular weight excluding hydrogens is 218 g/mol. The second-order valence-corrected chi connectivity index (χ2v) is 6.31. The first-order valence-electron chi connectivity index (χ1n) is 5.95. The molecule has 0 spiro atoms. The zero-order valence-corrected chi connectivity index (χ0v) is 11.1. The SMILES string of the molecule is CC(C)(C)NCC1CCOC1c1ccsc1. The van der Waals surface area contributed by atoms with Crippen LogP contribution in [0.1, 0.15) is 38.9 Å². The minimum absolute atomic E-state index is 0.196. The zero-order valence-electron chi connectivity index (χ0n) is 10.3. The molecule has 0 saturated carbocycles. The summed E-state index contributed by atoms with van der Waals surface area (Å²) in [5, 5.41) is 7.92. The second-order valence-electron chi connectivity index (χ2n) is 5.53. The van der Waals surface area contributed by atoms with Gasteiger partial charge in [-0.2, -0.15) is 11.3 Å². The van der Waals surface area contributed by atoms with Gasteiger partial charge < -0.3 is 10.1 Å². The van der Waals surface area contributed by atoms with Gasteiger partial charge in [-0.1, -0.05) is 0 Å². The number of hydrogen-bond donors (Lipinski definition) is 1. The molecule has 2 heterocycles. The van der Waals surface area contributed by atoms with Gasteiger partial charge >= 0.3 is 0 Å². The van der Waals surface area contributed by atoms with Crippen molar-refractivity contribution in [3.63, 3.8) is 0 Å². The summed E-state index contributed by atoms with van der Waals surface area (Å²) in [7, 11) is 0. The summed E-state index contributed by atoms with van der Waals surface area (Å²) < 4.78 is 5.84.